The van der Waals surface area contributed by atoms with E-state index in [9.17, 15) is 0 Å². The van der Waals surface area contributed by atoms with Gasteiger partial charge in [-0.25, -0.2) is 0 Å². The first-order valence-corrected chi connectivity index (χ1v) is 5.88. The van der Waals surface area contributed by atoms with Crippen LogP contribution in [0.3, 0.4) is 0 Å². The van der Waals surface area contributed by atoms with Gasteiger partial charge in [-0.1, -0.05) is 34.1 Å². The fourth-order valence-electron chi connectivity index (χ4n) is 2.61. The van der Waals surface area contributed by atoms with Crippen molar-refractivity contribution in [2.45, 2.75) is 59.8 Å². The molecule has 0 nitrogen and oxygen atoms in total. The molecule has 13 heavy (non-hydrogen) atoms. The highest BCUT2D eigenvalue weighted by atomic mass is 14.4. The van der Waals surface area contributed by atoms with Crippen LogP contribution in [0.5, 0.6) is 0 Å². The van der Waals surface area contributed by atoms with Crippen molar-refractivity contribution in [3.05, 3.63) is 6.42 Å². The molecule has 76 valence electrons. The molecule has 0 amide bonds. The van der Waals surface area contributed by atoms with Crippen molar-refractivity contribution in [1.82, 2.24) is 0 Å². The molecule has 0 heteroatoms. The van der Waals surface area contributed by atoms with Gasteiger partial charge in [-0.05, 0) is 30.6 Å². The summed E-state index contributed by atoms with van der Waals surface area (Å²) in [6, 6.07) is 0. The third kappa shape index (κ3) is 3.25. The molecule has 1 fully saturated rings. The highest BCUT2D eigenvalue weighted by molar-refractivity contribution is 4.91. The molecule has 0 bridgehead atoms. The Morgan fingerprint density at radius 1 is 1.46 bits per heavy atom. The molecular weight excluding hydrogens is 156 g/mol. The zero-order chi connectivity index (χ0) is 9.90. The molecule has 0 aromatic carbocycles. The quantitative estimate of drug-likeness (QED) is 0.564. The number of rotatable bonds is 3. The van der Waals surface area contributed by atoms with E-state index >= 15 is 0 Å². The van der Waals surface area contributed by atoms with E-state index in [-0.39, 0.29) is 0 Å². The van der Waals surface area contributed by atoms with Gasteiger partial charge in [-0.2, -0.15) is 0 Å². The van der Waals surface area contributed by atoms with Gasteiger partial charge in [0.05, 0.1) is 12.8 Å². The van der Waals surface area contributed by atoms with E-state index in [1.165, 1.54) is 32.1 Å². The lowest BCUT2D eigenvalue weighted by Crippen LogP contribution is -2.27. The van der Waals surface area contributed by atoms with E-state index in [0.29, 0.717) is 5.41 Å². The van der Waals surface area contributed by atoms with Crippen LogP contribution in [-0.4, -0.2) is 0 Å². The first-order valence-electron chi connectivity index (χ1n) is 5.88. The summed E-state index contributed by atoms with van der Waals surface area (Å²) in [5.41, 5.74) is 0.599. The minimum absolute atomic E-state index is 0.599. The van der Waals surface area contributed by atoms with Gasteiger partial charge in [0.25, 0.3) is 0 Å². The lowest BCUT2D eigenvalue weighted by molar-refractivity contribution is 0.179. The van der Waals surface area contributed by atoms with Crippen molar-refractivity contribution < 1.29 is 0 Å². The molecule has 0 spiro atoms. The Morgan fingerprint density at radius 3 is 2.69 bits per heavy atom. The minimum atomic E-state index is 0.599. The molecule has 1 rings (SSSR count). The summed E-state index contributed by atoms with van der Waals surface area (Å²) in [5, 5.41) is 0. The second-order valence-electron chi connectivity index (χ2n) is 5.57. The highest BCUT2D eigenvalue weighted by Crippen LogP contribution is 2.41. The molecule has 0 aromatic rings. The van der Waals surface area contributed by atoms with E-state index in [0.717, 1.165) is 11.8 Å². The Bertz CT molecular complexity index is 146. The third-order valence-electron chi connectivity index (χ3n) is 3.55. The van der Waals surface area contributed by atoms with Crippen LogP contribution in [0.25, 0.3) is 0 Å². The van der Waals surface area contributed by atoms with Crippen molar-refractivity contribution in [2.24, 2.45) is 17.3 Å². The summed E-state index contributed by atoms with van der Waals surface area (Å²) in [5.74, 6) is 1.80. The summed E-state index contributed by atoms with van der Waals surface area (Å²) in [7, 11) is 0. The zero-order valence-electron chi connectivity index (χ0n) is 9.77. The van der Waals surface area contributed by atoms with Crippen molar-refractivity contribution in [2.75, 3.05) is 0 Å². The maximum atomic E-state index is 2.57. The summed E-state index contributed by atoms with van der Waals surface area (Å²) in [6.07, 6.45) is 9.46. The Morgan fingerprint density at radius 2 is 2.15 bits per heavy atom. The van der Waals surface area contributed by atoms with Gasteiger partial charge in [0, 0.05) is 0 Å². The van der Waals surface area contributed by atoms with E-state index in [1.807, 2.05) is 0 Å². The van der Waals surface area contributed by atoms with Crippen LogP contribution in [0.15, 0.2) is 0 Å². The van der Waals surface area contributed by atoms with Gasteiger partial charge in [0.1, 0.15) is 5.92 Å². The van der Waals surface area contributed by atoms with Crippen molar-refractivity contribution >= 4 is 0 Å². The average Bonchev–Trinajstić information content (AvgIpc) is 2.03. The molecular formula is C13H25+. The maximum absolute atomic E-state index is 2.57. The summed E-state index contributed by atoms with van der Waals surface area (Å²) >= 11 is 0. The molecule has 1 aliphatic carbocycles. The van der Waals surface area contributed by atoms with Crippen LogP contribution >= 0.6 is 0 Å². The van der Waals surface area contributed by atoms with Crippen LogP contribution in [0.2, 0.25) is 0 Å². The lowest BCUT2D eigenvalue weighted by atomic mass is 9.68. The molecule has 2 atom stereocenters. The van der Waals surface area contributed by atoms with Crippen LogP contribution in [0.4, 0.5) is 0 Å². The largest absolute Gasteiger partial charge is 0.101 e. The van der Waals surface area contributed by atoms with Gasteiger partial charge < -0.3 is 0 Å². The molecule has 0 aliphatic heterocycles. The lowest BCUT2D eigenvalue weighted by Gasteiger charge is -2.32. The normalized spacial score (nSPS) is 29.4. The predicted octanol–water partition coefficient (Wildman–Crippen LogP) is 4.45. The monoisotopic (exact) mass is 181 g/mol. The molecule has 0 saturated heterocycles. The molecule has 0 radical (unpaired) electrons. The van der Waals surface area contributed by atoms with E-state index in [1.54, 1.807) is 0 Å². The minimum Gasteiger partial charge on any atom is -0.0654 e. The molecule has 0 N–H and O–H groups in total. The van der Waals surface area contributed by atoms with E-state index in [2.05, 4.69) is 34.1 Å². The Balaban J connectivity index is 2.42. The van der Waals surface area contributed by atoms with Gasteiger partial charge >= 0.3 is 0 Å². The van der Waals surface area contributed by atoms with Gasteiger partial charge in [0.15, 0.2) is 0 Å². The summed E-state index contributed by atoms with van der Waals surface area (Å²) < 4.78 is 0. The Hall–Kier alpha value is -0.130. The standard InChI is InChI=1S/C13H25/c1-5-7-11(2)12-8-6-9-13(3,4)10-12/h8,11-12H,5-7,9-10H2,1-4H3/q+1. The molecule has 1 saturated carbocycles. The highest BCUT2D eigenvalue weighted by Gasteiger charge is 2.36. The Labute approximate surface area is 84.1 Å². The van der Waals surface area contributed by atoms with Crippen molar-refractivity contribution in [3.8, 4) is 0 Å². The van der Waals surface area contributed by atoms with Crippen LogP contribution < -0.4 is 0 Å². The third-order valence-corrected chi connectivity index (χ3v) is 3.55. The number of hydrogen-bond acceptors (Lipinski definition) is 0. The molecule has 2 unspecified atom stereocenters. The first-order chi connectivity index (χ1) is 6.05. The first kappa shape index (κ1) is 10.9. The van der Waals surface area contributed by atoms with Gasteiger partial charge in [-0.15, -0.1) is 0 Å². The van der Waals surface area contributed by atoms with Crippen LogP contribution in [-0.2, 0) is 0 Å². The van der Waals surface area contributed by atoms with Crippen molar-refractivity contribution in [3.63, 3.8) is 0 Å². The van der Waals surface area contributed by atoms with Gasteiger partial charge in [0.2, 0.25) is 0 Å². The molecule has 0 heterocycles. The van der Waals surface area contributed by atoms with Crippen LogP contribution in [0, 0.1) is 23.7 Å². The SMILES string of the molecule is CCCC(C)C1[CH+]CCC(C)(C)C1. The van der Waals surface area contributed by atoms with E-state index < -0.39 is 0 Å². The summed E-state index contributed by atoms with van der Waals surface area (Å²) in [4.78, 5) is 0. The Kier molecular flexibility index (Phi) is 3.70. The number of hydrogen-bond donors (Lipinski definition) is 0. The topological polar surface area (TPSA) is 0 Å². The van der Waals surface area contributed by atoms with Crippen molar-refractivity contribution in [1.29, 1.82) is 0 Å². The molecule has 1 aliphatic rings. The summed E-state index contributed by atoms with van der Waals surface area (Å²) in [6.45, 7) is 9.56. The second-order valence-corrected chi connectivity index (χ2v) is 5.57. The maximum Gasteiger partial charge on any atom is 0.101 e. The van der Waals surface area contributed by atoms with Crippen LogP contribution in [0.1, 0.15) is 59.8 Å². The van der Waals surface area contributed by atoms with E-state index in [4.69, 9.17) is 0 Å². The predicted molar refractivity (Wildman–Crippen MR) is 59.5 cm³/mol. The fraction of sp³-hybridized carbons (Fsp3) is 0.923. The average molecular weight is 181 g/mol. The fourth-order valence-corrected chi connectivity index (χ4v) is 2.61. The second kappa shape index (κ2) is 4.39. The molecule has 0 aromatic heterocycles. The van der Waals surface area contributed by atoms with Gasteiger partial charge in [-0.3, -0.25) is 0 Å². The smallest absolute Gasteiger partial charge is 0.0654 e. The zero-order valence-corrected chi connectivity index (χ0v) is 9.77.